The van der Waals surface area contributed by atoms with E-state index in [0.29, 0.717) is 6.49 Å². The topological polar surface area (TPSA) is 0 Å². The van der Waals surface area contributed by atoms with Gasteiger partial charge in [-0.25, -0.2) is 0 Å². The lowest BCUT2D eigenvalue weighted by atomic mass is 9.37. The van der Waals surface area contributed by atoms with Crippen LogP contribution in [0, 0.1) is 0 Å². The maximum Gasteiger partial charge on any atom is 0.0525 e. The first-order valence-corrected chi connectivity index (χ1v) is 1.48. The largest absolute Gasteiger partial charge is 0.122 e. The minimum atomic E-state index is 0.458. The van der Waals surface area contributed by atoms with E-state index in [1.165, 1.54) is 0 Å². The van der Waals surface area contributed by atoms with E-state index < -0.39 is 0 Å². The van der Waals surface area contributed by atoms with E-state index in [0.717, 1.165) is 6.22 Å². The Morgan fingerprint density at radius 2 is 2.25 bits per heavy atom. The highest BCUT2D eigenvalue weighted by Crippen LogP contribution is 1.98. The third-order valence-corrected chi connectivity index (χ3v) is 0.508. The summed E-state index contributed by atoms with van der Waals surface area (Å²) >= 11 is 0. The maximum atomic E-state index is 5.17. The average Bonchev–Trinajstić information content (AvgIpc) is 1.75. The molecule has 0 spiro atoms. The zero-order chi connectivity index (χ0) is 2.99. The van der Waals surface area contributed by atoms with Gasteiger partial charge in [-0.15, -0.1) is 6.22 Å². The SMILES string of the molecule is [B]B1[B]C1. The lowest BCUT2D eigenvalue weighted by Gasteiger charge is -1.46. The zero-order valence-electron chi connectivity index (χ0n) is 2.44. The highest BCUT2D eigenvalue weighted by atomic mass is 13.4. The van der Waals surface area contributed by atoms with Crippen LogP contribution in [0.15, 0.2) is 0 Å². The van der Waals surface area contributed by atoms with E-state index in [2.05, 4.69) is 7.17 Å². The van der Waals surface area contributed by atoms with Crippen molar-refractivity contribution in [2.75, 3.05) is 0 Å². The Labute approximate surface area is 28.7 Å². The molecular weight excluding hydrogens is 44.4 g/mol. The standard InChI is InChI=1S/CH2B3/c2-4-1-3-4/h1H2. The maximum absolute atomic E-state index is 5.17. The quantitative estimate of drug-likeness (QED) is 0.317. The van der Waals surface area contributed by atoms with E-state index in [1.807, 2.05) is 0 Å². The molecule has 0 aliphatic carbocycles. The van der Waals surface area contributed by atoms with Crippen LogP contribution >= 0.6 is 0 Å². The van der Waals surface area contributed by atoms with Crippen LogP contribution in [0.4, 0.5) is 0 Å². The fourth-order valence-electron chi connectivity index (χ4n) is 0.0786. The van der Waals surface area contributed by atoms with Crippen LogP contribution in [0.3, 0.4) is 0 Å². The van der Waals surface area contributed by atoms with Crippen molar-refractivity contribution in [3.63, 3.8) is 0 Å². The normalized spacial score (nSPS) is 19.5. The zero-order valence-corrected chi connectivity index (χ0v) is 2.44. The molecule has 4 heavy (non-hydrogen) atoms. The third-order valence-electron chi connectivity index (χ3n) is 0.508. The van der Waals surface area contributed by atoms with Gasteiger partial charge in [0, 0.05) is 14.2 Å². The summed E-state index contributed by atoms with van der Waals surface area (Å²) in [4.78, 5) is 0. The molecule has 3 heteroatoms. The molecule has 0 saturated carbocycles. The molecule has 1 fully saturated rings. The molecule has 0 amide bonds. The molecule has 1 saturated heterocycles. The molecule has 0 bridgehead atoms. The molecule has 0 aromatic rings. The Hall–Kier alpha value is 0.195. The van der Waals surface area contributed by atoms with Gasteiger partial charge in [-0.05, 0) is 0 Å². The Bertz CT molecular complexity index is 22.5. The minimum absolute atomic E-state index is 0.458. The van der Waals surface area contributed by atoms with Crippen molar-refractivity contribution in [2.45, 2.75) is 6.22 Å². The van der Waals surface area contributed by atoms with Crippen molar-refractivity contribution in [3.05, 3.63) is 0 Å². The summed E-state index contributed by atoms with van der Waals surface area (Å²) < 4.78 is 0. The molecule has 15 valence electrons. The molecule has 0 aromatic heterocycles. The molecule has 1 aliphatic heterocycles. The number of hydrogen-bond donors (Lipinski definition) is 0. The summed E-state index contributed by atoms with van der Waals surface area (Å²) in [6, 6.07) is 0. The van der Waals surface area contributed by atoms with Crippen LogP contribution in [0.2, 0.25) is 6.22 Å². The lowest BCUT2D eigenvalue weighted by Crippen LogP contribution is -1.83. The minimum Gasteiger partial charge on any atom is -0.122 e. The highest BCUT2D eigenvalue weighted by molar-refractivity contribution is 7.49. The van der Waals surface area contributed by atoms with Crippen molar-refractivity contribution < 1.29 is 0 Å². The second kappa shape index (κ2) is 0.570. The van der Waals surface area contributed by atoms with Crippen LogP contribution < -0.4 is 0 Å². The van der Waals surface area contributed by atoms with Gasteiger partial charge < -0.3 is 0 Å². The molecule has 0 nitrogen and oxygen atoms in total. The third kappa shape index (κ3) is 0.307. The summed E-state index contributed by atoms with van der Waals surface area (Å²) in [6.45, 7) is 0.458. The molecule has 1 heterocycles. The molecule has 1 aliphatic rings. The molecule has 0 N–H and O–H groups in total. The summed E-state index contributed by atoms with van der Waals surface area (Å²) in [6.07, 6.45) is 1.14. The molecule has 0 atom stereocenters. The molecule has 0 unspecified atom stereocenters. The van der Waals surface area contributed by atoms with Crippen molar-refractivity contribution in [1.29, 1.82) is 0 Å². The van der Waals surface area contributed by atoms with Crippen LogP contribution in [-0.4, -0.2) is 21.4 Å². The van der Waals surface area contributed by atoms with Gasteiger partial charge in [-0.3, -0.25) is 0 Å². The van der Waals surface area contributed by atoms with Gasteiger partial charge in [0.2, 0.25) is 0 Å². The first-order chi connectivity index (χ1) is 1.89. The molecule has 3 radical (unpaired) electrons. The molecular formula is CH2B3. The van der Waals surface area contributed by atoms with E-state index in [-0.39, 0.29) is 0 Å². The summed E-state index contributed by atoms with van der Waals surface area (Å²) in [5.74, 6) is 0. The fraction of sp³-hybridized carbons (Fsp3) is 1.00. The highest BCUT2D eigenvalue weighted by Gasteiger charge is 2.17. The van der Waals surface area contributed by atoms with Crippen molar-refractivity contribution in [1.82, 2.24) is 0 Å². The smallest absolute Gasteiger partial charge is 0.0525 e. The predicted molar refractivity (Wildman–Crippen MR) is 22.1 cm³/mol. The van der Waals surface area contributed by atoms with E-state index in [9.17, 15) is 0 Å². The number of hydrogen-bond acceptors (Lipinski definition) is 0. The first-order valence-electron chi connectivity index (χ1n) is 1.48. The van der Waals surface area contributed by atoms with Gasteiger partial charge >= 0.3 is 0 Å². The fourth-order valence-corrected chi connectivity index (χ4v) is 0.0786. The van der Waals surface area contributed by atoms with Crippen molar-refractivity contribution in [3.8, 4) is 0 Å². The van der Waals surface area contributed by atoms with E-state index in [4.69, 9.17) is 7.74 Å². The summed E-state index contributed by atoms with van der Waals surface area (Å²) in [5.41, 5.74) is 0. The molecule has 1 rings (SSSR count). The average molecular weight is 46.5 g/mol. The molecule has 0 aromatic carbocycles. The van der Waals surface area contributed by atoms with Crippen LogP contribution in [0.25, 0.3) is 0 Å². The van der Waals surface area contributed by atoms with Crippen LogP contribution in [0.5, 0.6) is 0 Å². The Kier molecular flexibility index (Phi) is 0.347. The van der Waals surface area contributed by atoms with Crippen LogP contribution in [-0.2, 0) is 0 Å². The van der Waals surface area contributed by atoms with Gasteiger partial charge in [-0.2, -0.15) is 0 Å². The second-order valence-electron chi connectivity index (χ2n) is 1.14. The Morgan fingerprint density at radius 3 is 2.25 bits per heavy atom. The van der Waals surface area contributed by atoms with Gasteiger partial charge in [0.05, 0.1) is 7.17 Å². The predicted octanol–water partition coefficient (Wildman–Crippen LogP) is -0.682. The van der Waals surface area contributed by atoms with Gasteiger partial charge in [-0.1, -0.05) is 0 Å². The number of rotatable bonds is 0. The van der Waals surface area contributed by atoms with E-state index >= 15 is 0 Å². The summed E-state index contributed by atoms with van der Waals surface area (Å²) in [5, 5.41) is 0. The van der Waals surface area contributed by atoms with Gasteiger partial charge in [0.15, 0.2) is 0 Å². The summed E-state index contributed by atoms with van der Waals surface area (Å²) in [7, 11) is 7.24. The van der Waals surface area contributed by atoms with E-state index in [1.54, 1.807) is 0 Å². The van der Waals surface area contributed by atoms with Crippen molar-refractivity contribution in [2.24, 2.45) is 0 Å². The Morgan fingerprint density at radius 1 is 2.00 bits per heavy atom. The second-order valence-corrected chi connectivity index (χ2v) is 1.14. The van der Waals surface area contributed by atoms with Crippen molar-refractivity contribution >= 4 is 21.4 Å². The first kappa shape index (κ1) is 2.43. The lowest BCUT2D eigenvalue weighted by molar-refractivity contribution is 2.24. The van der Waals surface area contributed by atoms with Crippen LogP contribution in [0.1, 0.15) is 0 Å². The van der Waals surface area contributed by atoms with Gasteiger partial charge in [0.1, 0.15) is 0 Å². The Balaban J connectivity index is 2.17. The monoisotopic (exact) mass is 47.0 g/mol. The van der Waals surface area contributed by atoms with Gasteiger partial charge in [0.25, 0.3) is 0 Å².